The molecule has 0 radical (unpaired) electrons. The summed E-state index contributed by atoms with van der Waals surface area (Å²) >= 11 is 1.91. The van der Waals surface area contributed by atoms with Crippen molar-refractivity contribution in [3.63, 3.8) is 0 Å². The summed E-state index contributed by atoms with van der Waals surface area (Å²) in [6, 6.07) is 28.5. The third-order valence-electron chi connectivity index (χ3n) is 7.01. The summed E-state index contributed by atoms with van der Waals surface area (Å²) in [5, 5.41) is 1.43. The minimum absolute atomic E-state index is 0.219. The van der Waals surface area contributed by atoms with Crippen LogP contribution in [0.15, 0.2) is 78.9 Å². The predicted molar refractivity (Wildman–Crippen MR) is 131 cm³/mol. The molecule has 4 aromatic carbocycles. The number of hydrogen-bond acceptors (Lipinski definition) is 3. The molecular formula is C27H16BNOS. The van der Waals surface area contributed by atoms with Gasteiger partial charge in [-0.2, -0.15) is 0 Å². The van der Waals surface area contributed by atoms with E-state index in [1.54, 1.807) is 0 Å². The van der Waals surface area contributed by atoms with Crippen molar-refractivity contribution < 1.29 is 4.74 Å². The summed E-state index contributed by atoms with van der Waals surface area (Å²) < 4.78 is 7.77. The van der Waals surface area contributed by atoms with Crippen molar-refractivity contribution in [3.8, 4) is 22.6 Å². The second-order valence-corrected chi connectivity index (χ2v) is 9.78. The van der Waals surface area contributed by atoms with E-state index in [-0.39, 0.29) is 6.71 Å². The molecule has 4 heterocycles. The molecule has 0 spiro atoms. The molecule has 0 saturated carbocycles. The smallest absolute Gasteiger partial charge is 0.248 e. The lowest BCUT2D eigenvalue weighted by atomic mass is 9.32. The van der Waals surface area contributed by atoms with Crippen LogP contribution in [0.3, 0.4) is 0 Å². The molecule has 0 N–H and O–H groups in total. The maximum Gasteiger partial charge on any atom is 0.248 e. The number of nitrogens with zero attached hydrogens (tertiary/aromatic N) is 1. The Morgan fingerprint density at radius 2 is 1.55 bits per heavy atom. The van der Waals surface area contributed by atoms with E-state index < -0.39 is 0 Å². The van der Waals surface area contributed by atoms with Crippen LogP contribution in [0, 0.1) is 6.92 Å². The molecule has 0 aliphatic carbocycles. The SMILES string of the molecule is Cc1sc2cccc3c2c1-c1cccc2c1B3c1cccc3c1N2c1ccccc1O3. The topological polar surface area (TPSA) is 12.5 Å². The molecule has 1 aromatic heterocycles. The van der Waals surface area contributed by atoms with Gasteiger partial charge in [0.05, 0.1) is 11.4 Å². The Morgan fingerprint density at radius 1 is 0.774 bits per heavy atom. The first kappa shape index (κ1) is 16.2. The first-order valence-corrected chi connectivity index (χ1v) is 11.5. The van der Waals surface area contributed by atoms with Gasteiger partial charge in [0.15, 0.2) is 11.5 Å². The van der Waals surface area contributed by atoms with Gasteiger partial charge in [-0.1, -0.05) is 54.0 Å². The van der Waals surface area contributed by atoms with Gasteiger partial charge in [-0.25, -0.2) is 0 Å². The van der Waals surface area contributed by atoms with Crippen molar-refractivity contribution in [2.45, 2.75) is 6.92 Å². The van der Waals surface area contributed by atoms with Gasteiger partial charge in [-0.3, -0.25) is 0 Å². The number of rotatable bonds is 0. The Kier molecular flexibility index (Phi) is 2.83. The van der Waals surface area contributed by atoms with Crippen LogP contribution in [0.25, 0.3) is 21.2 Å². The maximum absolute atomic E-state index is 6.39. The van der Waals surface area contributed by atoms with Crippen molar-refractivity contribution in [2.75, 3.05) is 4.90 Å². The van der Waals surface area contributed by atoms with Crippen molar-refractivity contribution in [1.82, 2.24) is 0 Å². The molecule has 0 saturated heterocycles. The van der Waals surface area contributed by atoms with Crippen molar-refractivity contribution in [1.29, 1.82) is 0 Å². The van der Waals surface area contributed by atoms with E-state index in [9.17, 15) is 0 Å². The average molecular weight is 413 g/mol. The van der Waals surface area contributed by atoms with Crippen LogP contribution in [-0.4, -0.2) is 6.71 Å². The number of benzene rings is 4. The molecule has 0 unspecified atom stereocenters. The highest BCUT2D eigenvalue weighted by Gasteiger charge is 2.44. The molecule has 31 heavy (non-hydrogen) atoms. The van der Waals surface area contributed by atoms with E-state index in [2.05, 4.69) is 84.6 Å². The molecule has 144 valence electrons. The van der Waals surface area contributed by atoms with Gasteiger partial charge < -0.3 is 9.64 Å². The van der Waals surface area contributed by atoms with E-state index in [0.29, 0.717) is 0 Å². The highest BCUT2D eigenvalue weighted by atomic mass is 32.1. The van der Waals surface area contributed by atoms with E-state index in [1.807, 2.05) is 17.4 Å². The van der Waals surface area contributed by atoms with E-state index in [4.69, 9.17) is 4.74 Å². The van der Waals surface area contributed by atoms with Crippen LogP contribution in [0.4, 0.5) is 17.1 Å². The summed E-state index contributed by atoms with van der Waals surface area (Å²) in [6.07, 6.45) is 0. The summed E-state index contributed by atoms with van der Waals surface area (Å²) in [6.45, 7) is 2.49. The van der Waals surface area contributed by atoms with Crippen LogP contribution in [-0.2, 0) is 0 Å². The molecule has 5 aromatic rings. The lowest BCUT2D eigenvalue weighted by Gasteiger charge is -2.42. The molecular weight excluding hydrogens is 397 g/mol. The lowest BCUT2D eigenvalue weighted by molar-refractivity contribution is 0.477. The van der Waals surface area contributed by atoms with Gasteiger partial charge in [0.25, 0.3) is 0 Å². The molecule has 2 nitrogen and oxygen atoms in total. The Hall–Kier alpha value is -3.50. The Bertz CT molecular complexity index is 1600. The van der Waals surface area contributed by atoms with Gasteiger partial charge >= 0.3 is 0 Å². The van der Waals surface area contributed by atoms with Crippen LogP contribution in [0.1, 0.15) is 4.88 Å². The average Bonchev–Trinajstić information content (AvgIpc) is 3.15. The van der Waals surface area contributed by atoms with Gasteiger partial charge in [-0.15, -0.1) is 11.3 Å². The second kappa shape index (κ2) is 5.40. The molecule has 4 heteroatoms. The fourth-order valence-electron chi connectivity index (χ4n) is 5.92. The van der Waals surface area contributed by atoms with E-state index in [0.717, 1.165) is 17.2 Å². The highest BCUT2D eigenvalue weighted by molar-refractivity contribution is 7.20. The van der Waals surface area contributed by atoms with Crippen molar-refractivity contribution >= 4 is 61.6 Å². The van der Waals surface area contributed by atoms with Gasteiger partial charge in [0, 0.05) is 20.8 Å². The fraction of sp³-hybridized carbons (Fsp3) is 0.0370. The number of anilines is 3. The first-order valence-electron chi connectivity index (χ1n) is 10.7. The Balaban J connectivity index is 1.58. The number of ether oxygens (including phenoxy) is 1. The second-order valence-electron chi connectivity index (χ2n) is 8.52. The molecule has 3 aliphatic heterocycles. The highest BCUT2D eigenvalue weighted by Crippen LogP contribution is 2.52. The van der Waals surface area contributed by atoms with Crippen molar-refractivity contribution in [2.24, 2.45) is 0 Å². The third-order valence-corrected chi connectivity index (χ3v) is 8.08. The van der Waals surface area contributed by atoms with Gasteiger partial charge in [0.2, 0.25) is 6.71 Å². The normalized spacial score (nSPS) is 14.1. The first-order chi connectivity index (χ1) is 15.3. The maximum atomic E-state index is 6.39. The molecule has 0 fully saturated rings. The van der Waals surface area contributed by atoms with Gasteiger partial charge in [0.1, 0.15) is 0 Å². The minimum atomic E-state index is 0.219. The summed E-state index contributed by atoms with van der Waals surface area (Å²) in [7, 11) is 0. The van der Waals surface area contributed by atoms with Crippen LogP contribution < -0.4 is 26.0 Å². The van der Waals surface area contributed by atoms with Crippen molar-refractivity contribution in [3.05, 3.63) is 83.7 Å². The molecule has 0 atom stereocenters. The van der Waals surface area contributed by atoms with Crippen LogP contribution in [0.5, 0.6) is 11.5 Å². The van der Waals surface area contributed by atoms with E-state index >= 15 is 0 Å². The fourth-order valence-corrected chi connectivity index (χ4v) is 7.03. The monoisotopic (exact) mass is 413 g/mol. The number of thiophene rings is 1. The zero-order valence-electron chi connectivity index (χ0n) is 16.8. The van der Waals surface area contributed by atoms with Crippen LogP contribution in [0.2, 0.25) is 0 Å². The zero-order chi connectivity index (χ0) is 20.3. The number of para-hydroxylation sites is 3. The Morgan fingerprint density at radius 3 is 2.52 bits per heavy atom. The lowest BCUT2D eigenvalue weighted by Crippen LogP contribution is -2.59. The number of fused-ring (bicyclic) bond motifs is 6. The largest absolute Gasteiger partial charge is 0.453 e. The molecule has 0 bridgehead atoms. The quantitative estimate of drug-likeness (QED) is 0.300. The summed E-state index contributed by atoms with van der Waals surface area (Å²) in [5.74, 6) is 1.85. The summed E-state index contributed by atoms with van der Waals surface area (Å²) in [5.41, 5.74) is 10.5. The minimum Gasteiger partial charge on any atom is -0.453 e. The molecule has 0 amide bonds. The zero-order valence-corrected chi connectivity index (χ0v) is 17.7. The predicted octanol–water partition coefficient (Wildman–Crippen LogP) is 5.60. The van der Waals surface area contributed by atoms with E-state index in [1.165, 1.54) is 53.9 Å². The standard InChI is InChI=1S/C27H16BNOS/c1-15-24-16-7-4-11-20-26(16)28(17-8-6-14-23(31-15)25(17)24)18-9-5-13-22-27(18)29(20)19-10-2-3-12-21(19)30-22/h2-14H,1H3. The summed E-state index contributed by atoms with van der Waals surface area (Å²) in [4.78, 5) is 3.82. The third kappa shape index (κ3) is 1.82. The Labute approximate surface area is 184 Å². The molecule has 3 aliphatic rings. The number of hydrogen-bond donors (Lipinski definition) is 0. The van der Waals surface area contributed by atoms with Crippen LogP contribution >= 0.6 is 11.3 Å². The van der Waals surface area contributed by atoms with Gasteiger partial charge in [-0.05, 0) is 59.1 Å². The molecule has 8 rings (SSSR count). The number of aryl methyl sites for hydroxylation is 1.